The van der Waals surface area contributed by atoms with Crippen LogP contribution in [0.15, 0.2) is 29.5 Å². The summed E-state index contributed by atoms with van der Waals surface area (Å²) in [5, 5.41) is 8.80. The number of nitrogens with two attached hydrogens (primary N) is 1. The number of rotatable bonds is 3. The van der Waals surface area contributed by atoms with E-state index in [4.69, 9.17) is 10.8 Å². The molecule has 0 saturated carbocycles. The van der Waals surface area contributed by atoms with Gasteiger partial charge in [-0.3, -0.25) is 9.98 Å². The SMILES string of the molecule is CN=C/C(=C\N)c1ccc(CO)nc1. The van der Waals surface area contributed by atoms with Gasteiger partial charge in [0.1, 0.15) is 0 Å². The lowest BCUT2D eigenvalue weighted by Gasteiger charge is -2.01. The fourth-order valence-electron chi connectivity index (χ4n) is 1.04. The Kier molecular flexibility index (Phi) is 3.82. The van der Waals surface area contributed by atoms with Gasteiger partial charge in [0, 0.05) is 36.8 Å². The summed E-state index contributed by atoms with van der Waals surface area (Å²) >= 11 is 0. The average molecular weight is 191 g/mol. The van der Waals surface area contributed by atoms with Gasteiger partial charge in [-0.25, -0.2) is 0 Å². The molecule has 4 nitrogen and oxygen atoms in total. The van der Waals surface area contributed by atoms with Gasteiger partial charge in [0.2, 0.25) is 0 Å². The van der Waals surface area contributed by atoms with E-state index >= 15 is 0 Å². The van der Waals surface area contributed by atoms with Gasteiger partial charge in [-0.2, -0.15) is 0 Å². The van der Waals surface area contributed by atoms with Crippen molar-refractivity contribution in [3.63, 3.8) is 0 Å². The minimum Gasteiger partial charge on any atom is -0.404 e. The van der Waals surface area contributed by atoms with Crippen molar-refractivity contribution >= 4 is 11.8 Å². The highest BCUT2D eigenvalue weighted by Gasteiger charge is 1.98. The van der Waals surface area contributed by atoms with E-state index in [1.807, 2.05) is 6.07 Å². The lowest BCUT2D eigenvalue weighted by Crippen LogP contribution is -1.94. The van der Waals surface area contributed by atoms with Crippen LogP contribution in [0, 0.1) is 0 Å². The Morgan fingerprint density at radius 2 is 2.43 bits per heavy atom. The van der Waals surface area contributed by atoms with E-state index in [1.165, 1.54) is 6.20 Å². The van der Waals surface area contributed by atoms with Crippen LogP contribution in [-0.2, 0) is 6.61 Å². The van der Waals surface area contributed by atoms with Crippen LogP contribution in [0.1, 0.15) is 11.3 Å². The number of aliphatic imine (C=N–C) groups is 1. The molecule has 0 saturated heterocycles. The summed E-state index contributed by atoms with van der Waals surface area (Å²) in [7, 11) is 1.68. The van der Waals surface area contributed by atoms with Gasteiger partial charge >= 0.3 is 0 Å². The maximum absolute atomic E-state index is 8.80. The first-order chi connectivity index (χ1) is 6.81. The Balaban J connectivity index is 2.96. The van der Waals surface area contributed by atoms with Crippen LogP contribution in [0.25, 0.3) is 5.57 Å². The van der Waals surface area contributed by atoms with Crippen molar-refractivity contribution in [2.45, 2.75) is 6.61 Å². The minimum absolute atomic E-state index is 0.0518. The van der Waals surface area contributed by atoms with E-state index in [2.05, 4.69) is 9.98 Å². The zero-order valence-electron chi connectivity index (χ0n) is 8.01. The lowest BCUT2D eigenvalue weighted by molar-refractivity contribution is 0.277. The van der Waals surface area contributed by atoms with Crippen LogP contribution in [0.2, 0.25) is 0 Å². The second-order valence-corrected chi connectivity index (χ2v) is 2.71. The largest absolute Gasteiger partial charge is 0.404 e. The first-order valence-corrected chi connectivity index (χ1v) is 4.22. The van der Waals surface area contributed by atoms with Crippen LogP contribution in [0.3, 0.4) is 0 Å². The number of aromatic nitrogens is 1. The van der Waals surface area contributed by atoms with E-state index in [-0.39, 0.29) is 6.61 Å². The molecular formula is C10H13N3O. The smallest absolute Gasteiger partial charge is 0.0852 e. The molecule has 0 amide bonds. The Morgan fingerprint density at radius 1 is 1.64 bits per heavy atom. The van der Waals surface area contributed by atoms with Gasteiger partial charge in [-0.1, -0.05) is 6.07 Å². The predicted octanol–water partition coefficient (Wildman–Crippen LogP) is 0.574. The van der Waals surface area contributed by atoms with Crippen LogP contribution < -0.4 is 5.73 Å². The normalized spacial score (nSPS) is 12.3. The maximum Gasteiger partial charge on any atom is 0.0852 e. The molecule has 1 rings (SSSR count). The number of hydrogen-bond acceptors (Lipinski definition) is 4. The van der Waals surface area contributed by atoms with Crippen LogP contribution >= 0.6 is 0 Å². The van der Waals surface area contributed by atoms with Crippen LogP contribution in [-0.4, -0.2) is 23.4 Å². The molecule has 0 radical (unpaired) electrons. The third-order valence-electron chi connectivity index (χ3n) is 1.77. The second kappa shape index (κ2) is 5.14. The summed E-state index contributed by atoms with van der Waals surface area (Å²) in [6.07, 6.45) is 4.80. The highest BCUT2D eigenvalue weighted by molar-refractivity contribution is 6.09. The number of aliphatic hydroxyl groups is 1. The van der Waals surface area contributed by atoms with Crippen LogP contribution in [0.4, 0.5) is 0 Å². The minimum atomic E-state index is -0.0518. The molecule has 0 aliphatic carbocycles. The molecule has 0 unspecified atom stereocenters. The zero-order chi connectivity index (χ0) is 10.4. The molecule has 1 heterocycles. The monoisotopic (exact) mass is 191 g/mol. The van der Waals surface area contributed by atoms with Crippen molar-refractivity contribution in [2.24, 2.45) is 10.7 Å². The maximum atomic E-state index is 8.80. The molecule has 3 N–H and O–H groups in total. The molecule has 14 heavy (non-hydrogen) atoms. The summed E-state index contributed by atoms with van der Waals surface area (Å²) in [4.78, 5) is 7.92. The molecule has 0 bridgehead atoms. The second-order valence-electron chi connectivity index (χ2n) is 2.71. The molecule has 0 fully saturated rings. The third kappa shape index (κ3) is 2.40. The highest BCUT2D eigenvalue weighted by atomic mass is 16.3. The number of nitrogens with zero attached hydrogens (tertiary/aromatic N) is 2. The highest BCUT2D eigenvalue weighted by Crippen LogP contribution is 2.10. The van der Waals surface area contributed by atoms with Gasteiger partial charge in [-0.15, -0.1) is 0 Å². The number of pyridine rings is 1. The van der Waals surface area contributed by atoms with Gasteiger partial charge < -0.3 is 10.8 Å². The zero-order valence-corrected chi connectivity index (χ0v) is 8.01. The Morgan fingerprint density at radius 3 is 2.86 bits per heavy atom. The predicted molar refractivity (Wildman–Crippen MR) is 56.7 cm³/mol. The quantitative estimate of drug-likeness (QED) is 0.686. The van der Waals surface area contributed by atoms with E-state index in [1.54, 1.807) is 25.5 Å². The van der Waals surface area contributed by atoms with Crippen molar-refractivity contribution in [1.29, 1.82) is 0 Å². The summed E-state index contributed by atoms with van der Waals surface area (Å²) in [5.41, 5.74) is 7.76. The van der Waals surface area contributed by atoms with Crippen LogP contribution in [0.5, 0.6) is 0 Å². The lowest BCUT2D eigenvalue weighted by atomic mass is 10.1. The molecule has 0 atom stereocenters. The van der Waals surface area contributed by atoms with E-state index in [9.17, 15) is 0 Å². The van der Waals surface area contributed by atoms with E-state index in [0.29, 0.717) is 5.69 Å². The molecular weight excluding hydrogens is 178 g/mol. The summed E-state index contributed by atoms with van der Waals surface area (Å²) in [6.45, 7) is -0.0518. The van der Waals surface area contributed by atoms with Crippen molar-refractivity contribution in [3.05, 3.63) is 35.8 Å². The molecule has 0 aliphatic heterocycles. The fraction of sp³-hybridized carbons (Fsp3) is 0.200. The molecule has 4 heteroatoms. The number of aliphatic hydroxyl groups excluding tert-OH is 1. The Hall–Kier alpha value is -1.68. The van der Waals surface area contributed by atoms with Crippen molar-refractivity contribution < 1.29 is 5.11 Å². The van der Waals surface area contributed by atoms with Gasteiger partial charge in [0.05, 0.1) is 12.3 Å². The van der Waals surface area contributed by atoms with Crippen molar-refractivity contribution in [2.75, 3.05) is 7.05 Å². The molecule has 0 spiro atoms. The molecule has 74 valence electrons. The van der Waals surface area contributed by atoms with Crippen molar-refractivity contribution in [1.82, 2.24) is 4.98 Å². The molecule has 1 aromatic rings. The average Bonchev–Trinajstić information content (AvgIpc) is 2.26. The van der Waals surface area contributed by atoms with Crippen molar-refractivity contribution in [3.8, 4) is 0 Å². The Bertz CT molecular complexity index is 341. The third-order valence-corrected chi connectivity index (χ3v) is 1.77. The first-order valence-electron chi connectivity index (χ1n) is 4.22. The summed E-state index contributed by atoms with van der Waals surface area (Å²) in [5.74, 6) is 0. The Labute approximate surface area is 82.8 Å². The number of allylic oxidation sites excluding steroid dienone is 1. The summed E-state index contributed by atoms with van der Waals surface area (Å²) in [6, 6.07) is 3.60. The van der Waals surface area contributed by atoms with E-state index in [0.717, 1.165) is 11.1 Å². The number of hydrogen-bond donors (Lipinski definition) is 2. The first kappa shape index (κ1) is 10.4. The summed E-state index contributed by atoms with van der Waals surface area (Å²) < 4.78 is 0. The van der Waals surface area contributed by atoms with Gasteiger partial charge in [0.25, 0.3) is 0 Å². The van der Waals surface area contributed by atoms with Gasteiger partial charge in [0.15, 0.2) is 0 Å². The topological polar surface area (TPSA) is 71.5 Å². The molecule has 0 aliphatic rings. The molecule has 0 aromatic carbocycles. The molecule has 1 aromatic heterocycles. The van der Waals surface area contributed by atoms with E-state index < -0.39 is 0 Å². The van der Waals surface area contributed by atoms with Gasteiger partial charge in [-0.05, 0) is 6.07 Å². The fourth-order valence-corrected chi connectivity index (χ4v) is 1.04. The standard InChI is InChI=1S/C10H13N3O/c1-12-5-9(4-11)8-2-3-10(7-14)13-6-8/h2-6,14H,7,11H2,1H3/b9-4+,12-5?.